The molecule has 0 aliphatic heterocycles. The van der Waals surface area contributed by atoms with Gasteiger partial charge in [-0.15, -0.1) is 0 Å². The lowest BCUT2D eigenvalue weighted by atomic mass is 9.61. The van der Waals surface area contributed by atoms with E-state index in [9.17, 15) is 18.3 Å². The zero-order valence-electron chi connectivity index (χ0n) is 12.8. The van der Waals surface area contributed by atoms with Gasteiger partial charge in [0, 0.05) is 12.3 Å². The minimum absolute atomic E-state index is 0.197. The molecule has 0 aromatic heterocycles. The van der Waals surface area contributed by atoms with Gasteiger partial charge in [-0.25, -0.2) is 8.42 Å². The van der Waals surface area contributed by atoms with E-state index in [0.717, 1.165) is 6.42 Å². The predicted molar refractivity (Wildman–Crippen MR) is 79.4 cm³/mol. The first-order chi connectivity index (χ1) is 9.05. The van der Waals surface area contributed by atoms with E-state index in [0.29, 0.717) is 19.4 Å². The number of carbonyl (C=O) groups is 1. The van der Waals surface area contributed by atoms with E-state index >= 15 is 0 Å². The summed E-state index contributed by atoms with van der Waals surface area (Å²) >= 11 is 0. The molecule has 6 heteroatoms. The van der Waals surface area contributed by atoms with E-state index in [1.807, 2.05) is 13.8 Å². The first kappa shape index (κ1) is 17.4. The lowest BCUT2D eigenvalue weighted by Gasteiger charge is -2.46. The van der Waals surface area contributed by atoms with E-state index < -0.39 is 15.8 Å². The summed E-state index contributed by atoms with van der Waals surface area (Å²) < 4.78 is 22.1. The quantitative estimate of drug-likeness (QED) is 0.727. The molecule has 118 valence electrons. The Kier molecular flexibility index (Phi) is 5.61. The largest absolute Gasteiger partial charge is 0.481 e. The Balaban J connectivity index is 2.52. The van der Waals surface area contributed by atoms with Crippen LogP contribution in [0.1, 0.15) is 40.0 Å². The van der Waals surface area contributed by atoms with Crippen molar-refractivity contribution in [2.45, 2.75) is 46.1 Å². The highest BCUT2D eigenvalue weighted by atomic mass is 32.2. The van der Waals surface area contributed by atoms with Crippen molar-refractivity contribution in [3.63, 3.8) is 0 Å². The summed E-state index contributed by atoms with van der Waals surface area (Å²) in [5.74, 6) is -0.568. The maximum atomic E-state index is 11.3. The number of carboxylic acids is 1. The van der Waals surface area contributed by atoms with Gasteiger partial charge in [0.05, 0.1) is 11.7 Å². The second kappa shape index (κ2) is 6.43. The lowest BCUT2D eigenvalue weighted by Crippen LogP contribution is -2.51. The highest BCUT2D eigenvalue weighted by molar-refractivity contribution is 7.90. The van der Waals surface area contributed by atoms with Crippen molar-refractivity contribution in [3.05, 3.63) is 0 Å². The fourth-order valence-corrected chi connectivity index (χ4v) is 3.82. The van der Waals surface area contributed by atoms with Crippen LogP contribution in [0, 0.1) is 17.3 Å². The maximum absolute atomic E-state index is 11.3. The third-order valence-corrected chi connectivity index (χ3v) is 5.87. The number of nitrogens with one attached hydrogen (secondary N) is 1. The molecule has 1 fully saturated rings. The molecule has 0 spiro atoms. The fraction of sp³-hybridized carbons (Fsp3) is 0.929. The molecule has 0 heterocycles. The monoisotopic (exact) mass is 305 g/mol. The second-order valence-corrected chi connectivity index (χ2v) is 8.88. The molecular formula is C14H27NO4S. The maximum Gasteiger partial charge on any atom is 0.307 e. The van der Waals surface area contributed by atoms with Gasteiger partial charge in [0.25, 0.3) is 0 Å². The number of hydrogen-bond acceptors (Lipinski definition) is 4. The van der Waals surface area contributed by atoms with Gasteiger partial charge in [0.15, 0.2) is 0 Å². The summed E-state index contributed by atoms with van der Waals surface area (Å²) in [5.41, 5.74) is -0.251. The molecule has 1 saturated carbocycles. The molecule has 5 nitrogen and oxygen atoms in total. The summed E-state index contributed by atoms with van der Waals surface area (Å²) in [6.45, 7) is 6.78. The Hall–Kier alpha value is -0.620. The van der Waals surface area contributed by atoms with Crippen LogP contribution in [0.3, 0.4) is 0 Å². The Morgan fingerprint density at radius 1 is 1.35 bits per heavy atom. The van der Waals surface area contributed by atoms with Crippen molar-refractivity contribution in [2.75, 3.05) is 18.6 Å². The van der Waals surface area contributed by atoms with Gasteiger partial charge in [-0.05, 0) is 37.1 Å². The van der Waals surface area contributed by atoms with Crippen molar-refractivity contribution in [2.24, 2.45) is 17.3 Å². The van der Waals surface area contributed by atoms with Crippen molar-refractivity contribution in [3.8, 4) is 0 Å². The third kappa shape index (κ3) is 4.45. The molecular weight excluding hydrogens is 278 g/mol. The summed E-state index contributed by atoms with van der Waals surface area (Å²) in [4.78, 5) is 11.3. The van der Waals surface area contributed by atoms with Crippen LogP contribution in [0.25, 0.3) is 0 Å². The summed E-state index contributed by atoms with van der Waals surface area (Å²) in [6, 6.07) is 0.264. The van der Waals surface area contributed by atoms with Crippen LogP contribution in [-0.4, -0.2) is 44.1 Å². The van der Waals surface area contributed by atoms with Gasteiger partial charge in [0.1, 0.15) is 9.84 Å². The molecule has 1 aliphatic carbocycles. The fourth-order valence-electron chi connectivity index (χ4n) is 3.15. The van der Waals surface area contributed by atoms with Gasteiger partial charge in [-0.1, -0.05) is 20.8 Å². The third-order valence-electron chi connectivity index (χ3n) is 4.84. The van der Waals surface area contributed by atoms with Crippen LogP contribution < -0.4 is 5.32 Å². The Bertz CT molecular complexity index is 444. The van der Waals surface area contributed by atoms with E-state index in [4.69, 9.17) is 0 Å². The Morgan fingerprint density at radius 2 is 1.95 bits per heavy atom. The van der Waals surface area contributed by atoms with Crippen LogP contribution in [0.2, 0.25) is 0 Å². The number of carboxylic acid groups (broad SMARTS) is 1. The zero-order valence-corrected chi connectivity index (χ0v) is 13.7. The molecule has 0 amide bonds. The average molecular weight is 305 g/mol. The van der Waals surface area contributed by atoms with Crippen LogP contribution in [-0.2, 0) is 14.6 Å². The minimum Gasteiger partial charge on any atom is -0.481 e. The Morgan fingerprint density at radius 3 is 2.45 bits per heavy atom. The van der Waals surface area contributed by atoms with Gasteiger partial charge in [0.2, 0.25) is 0 Å². The van der Waals surface area contributed by atoms with Gasteiger partial charge >= 0.3 is 5.97 Å². The number of hydrogen-bond donors (Lipinski definition) is 2. The highest BCUT2D eigenvalue weighted by Gasteiger charge is 2.45. The van der Waals surface area contributed by atoms with E-state index in [2.05, 4.69) is 12.2 Å². The minimum atomic E-state index is -2.90. The standard InChI is InChI=1S/C14H27NO4S/c1-10-12(15-8-5-9-20(4,18)19)7-6-11(13(16)17)14(10,2)3/h10-12,15H,5-9H2,1-4H3,(H,16,17). The second-order valence-electron chi connectivity index (χ2n) is 6.62. The van der Waals surface area contributed by atoms with Gasteiger partial charge in [-0.3, -0.25) is 4.79 Å². The topological polar surface area (TPSA) is 83.5 Å². The van der Waals surface area contributed by atoms with Crippen LogP contribution in [0.15, 0.2) is 0 Å². The molecule has 1 aliphatic rings. The lowest BCUT2D eigenvalue weighted by molar-refractivity contribution is -0.150. The van der Waals surface area contributed by atoms with E-state index in [1.165, 1.54) is 6.26 Å². The number of rotatable bonds is 6. The van der Waals surface area contributed by atoms with Gasteiger partial charge < -0.3 is 10.4 Å². The first-order valence-electron chi connectivity index (χ1n) is 7.19. The molecule has 1 rings (SSSR count). The van der Waals surface area contributed by atoms with Crippen LogP contribution in [0.4, 0.5) is 0 Å². The molecule has 0 saturated heterocycles. The number of aliphatic carboxylic acids is 1. The SMILES string of the molecule is CC1C(NCCCS(C)(=O)=O)CCC(C(=O)O)C1(C)C. The average Bonchev–Trinajstić information content (AvgIpc) is 2.27. The van der Waals surface area contributed by atoms with Gasteiger partial charge in [-0.2, -0.15) is 0 Å². The smallest absolute Gasteiger partial charge is 0.307 e. The molecule has 0 aromatic carbocycles. The Labute approximate surface area is 122 Å². The van der Waals surface area contributed by atoms with Crippen molar-refractivity contribution in [1.82, 2.24) is 5.32 Å². The molecule has 0 radical (unpaired) electrons. The molecule has 2 N–H and O–H groups in total. The molecule has 0 bridgehead atoms. The molecule has 3 atom stereocenters. The summed E-state index contributed by atoms with van der Waals surface area (Å²) in [5, 5.41) is 12.7. The molecule has 20 heavy (non-hydrogen) atoms. The van der Waals surface area contributed by atoms with Crippen molar-refractivity contribution >= 4 is 15.8 Å². The predicted octanol–water partition coefficient (Wildman–Crippen LogP) is 1.54. The van der Waals surface area contributed by atoms with Crippen molar-refractivity contribution < 1.29 is 18.3 Å². The summed E-state index contributed by atoms with van der Waals surface area (Å²) in [6.07, 6.45) is 3.36. The van der Waals surface area contributed by atoms with Crippen LogP contribution >= 0.6 is 0 Å². The normalized spacial score (nSPS) is 30.1. The zero-order chi connectivity index (χ0) is 15.6. The summed E-state index contributed by atoms with van der Waals surface area (Å²) in [7, 11) is -2.90. The molecule has 3 unspecified atom stereocenters. The first-order valence-corrected chi connectivity index (χ1v) is 9.25. The van der Waals surface area contributed by atoms with E-state index in [-0.39, 0.29) is 29.0 Å². The van der Waals surface area contributed by atoms with E-state index in [1.54, 1.807) is 0 Å². The highest BCUT2D eigenvalue weighted by Crippen LogP contribution is 2.44. The van der Waals surface area contributed by atoms with Crippen molar-refractivity contribution in [1.29, 1.82) is 0 Å². The number of sulfone groups is 1. The molecule has 0 aromatic rings. The van der Waals surface area contributed by atoms with Crippen LogP contribution in [0.5, 0.6) is 0 Å².